The van der Waals surface area contributed by atoms with E-state index in [1.54, 1.807) is 19.3 Å². The highest BCUT2D eigenvalue weighted by Crippen LogP contribution is 2.31. The monoisotopic (exact) mass is 362 g/mol. The van der Waals surface area contributed by atoms with Gasteiger partial charge in [-0.2, -0.15) is 0 Å². The molecule has 6 nitrogen and oxygen atoms in total. The number of amides is 2. The zero-order valence-electron chi connectivity index (χ0n) is 14.2. The number of imide groups is 1. The Kier molecular flexibility index (Phi) is 5.99. The number of piperidine rings is 1. The van der Waals surface area contributed by atoms with Crippen LogP contribution in [0.3, 0.4) is 0 Å². The van der Waals surface area contributed by atoms with Crippen LogP contribution in [0, 0.1) is 0 Å². The van der Waals surface area contributed by atoms with E-state index in [2.05, 4.69) is 10.2 Å². The first-order valence-corrected chi connectivity index (χ1v) is 9.25. The topological polar surface area (TPSA) is 67.9 Å². The highest BCUT2D eigenvalue weighted by molar-refractivity contribution is 8.18. The summed E-state index contributed by atoms with van der Waals surface area (Å²) >= 11 is 0.900. The Morgan fingerprint density at radius 1 is 1.20 bits per heavy atom. The standard InChI is InChI=1S/C18H22N2O4S/c1-23-15-11-13(12-16-17(21)19-18(22)25-16)5-6-14(15)24-10-9-20-7-3-2-4-8-20/h5-6,11-12H,2-4,7-10H2,1H3,(H,19,21,22)/b16-12-. The summed E-state index contributed by atoms with van der Waals surface area (Å²) in [5, 5.41) is 1.90. The van der Waals surface area contributed by atoms with Crippen LogP contribution in [-0.4, -0.2) is 49.4 Å². The van der Waals surface area contributed by atoms with Gasteiger partial charge in [0.2, 0.25) is 0 Å². The lowest BCUT2D eigenvalue weighted by Crippen LogP contribution is -2.33. The maximum atomic E-state index is 11.6. The summed E-state index contributed by atoms with van der Waals surface area (Å²) in [6.07, 6.45) is 5.52. The van der Waals surface area contributed by atoms with Crippen molar-refractivity contribution >= 4 is 29.0 Å². The molecule has 0 aromatic heterocycles. The molecule has 1 N–H and O–H groups in total. The first-order valence-electron chi connectivity index (χ1n) is 8.44. The Bertz CT molecular complexity index is 684. The summed E-state index contributed by atoms with van der Waals surface area (Å²) in [5.74, 6) is 0.930. The number of nitrogens with one attached hydrogen (secondary N) is 1. The van der Waals surface area contributed by atoms with Crippen molar-refractivity contribution in [1.82, 2.24) is 10.2 Å². The number of benzene rings is 1. The third-order valence-corrected chi connectivity index (χ3v) is 5.05. The molecule has 0 spiro atoms. The molecule has 134 valence electrons. The molecule has 2 fully saturated rings. The fourth-order valence-corrected chi connectivity index (χ4v) is 3.62. The normalized spacial score (nSPS) is 20.0. The van der Waals surface area contributed by atoms with Gasteiger partial charge in [0.25, 0.3) is 11.1 Å². The molecular formula is C18H22N2O4S. The second kappa shape index (κ2) is 8.40. The van der Waals surface area contributed by atoms with E-state index in [4.69, 9.17) is 9.47 Å². The number of nitrogens with zero attached hydrogens (tertiary/aromatic N) is 1. The molecule has 0 radical (unpaired) electrons. The van der Waals surface area contributed by atoms with E-state index in [0.717, 1.165) is 37.0 Å². The maximum absolute atomic E-state index is 11.6. The summed E-state index contributed by atoms with van der Waals surface area (Å²) in [4.78, 5) is 25.6. The molecule has 3 rings (SSSR count). The number of thioether (sulfide) groups is 1. The molecule has 1 aromatic carbocycles. The molecule has 2 heterocycles. The lowest BCUT2D eigenvalue weighted by atomic mass is 10.1. The average molecular weight is 362 g/mol. The third-order valence-electron chi connectivity index (χ3n) is 4.24. The van der Waals surface area contributed by atoms with Gasteiger partial charge in [0.1, 0.15) is 6.61 Å². The van der Waals surface area contributed by atoms with Crippen molar-refractivity contribution in [1.29, 1.82) is 0 Å². The fraction of sp³-hybridized carbons (Fsp3) is 0.444. The number of likely N-dealkylation sites (tertiary alicyclic amines) is 1. The molecule has 2 aliphatic heterocycles. The number of methoxy groups -OCH3 is 1. The highest BCUT2D eigenvalue weighted by Gasteiger charge is 2.25. The second-order valence-electron chi connectivity index (χ2n) is 6.01. The van der Waals surface area contributed by atoms with Crippen LogP contribution in [0.5, 0.6) is 11.5 Å². The maximum Gasteiger partial charge on any atom is 0.290 e. The largest absolute Gasteiger partial charge is 0.493 e. The lowest BCUT2D eigenvalue weighted by molar-refractivity contribution is -0.115. The second-order valence-corrected chi connectivity index (χ2v) is 7.03. The molecule has 2 amide bonds. The molecule has 7 heteroatoms. The van der Waals surface area contributed by atoms with Crippen molar-refractivity contribution in [2.45, 2.75) is 19.3 Å². The van der Waals surface area contributed by atoms with E-state index >= 15 is 0 Å². The lowest BCUT2D eigenvalue weighted by Gasteiger charge is -2.26. The predicted octanol–water partition coefficient (Wildman–Crippen LogP) is 2.88. The van der Waals surface area contributed by atoms with Gasteiger partial charge in [0, 0.05) is 6.54 Å². The summed E-state index contributed by atoms with van der Waals surface area (Å²) in [5.41, 5.74) is 0.785. The molecule has 0 atom stereocenters. The first-order chi connectivity index (χ1) is 12.2. The minimum Gasteiger partial charge on any atom is -0.493 e. The molecule has 0 aliphatic carbocycles. The molecule has 2 aliphatic rings. The summed E-state index contributed by atoms with van der Waals surface area (Å²) in [6, 6.07) is 5.49. The zero-order chi connectivity index (χ0) is 17.6. The van der Waals surface area contributed by atoms with Crippen LogP contribution in [0.15, 0.2) is 23.1 Å². The quantitative estimate of drug-likeness (QED) is 0.785. The van der Waals surface area contributed by atoms with Crippen molar-refractivity contribution < 1.29 is 19.1 Å². The van der Waals surface area contributed by atoms with Gasteiger partial charge in [0.15, 0.2) is 11.5 Å². The van der Waals surface area contributed by atoms with Crippen LogP contribution < -0.4 is 14.8 Å². The van der Waals surface area contributed by atoms with Gasteiger partial charge < -0.3 is 9.47 Å². The predicted molar refractivity (Wildman–Crippen MR) is 97.9 cm³/mol. The molecular weight excluding hydrogens is 340 g/mol. The van der Waals surface area contributed by atoms with E-state index < -0.39 is 0 Å². The molecule has 0 unspecified atom stereocenters. The molecule has 0 bridgehead atoms. The number of carbonyl (C=O) groups excluding carboxylic acids is 2. The number of hydrogen-bond acceptors (Lipinski definition) is 6. The number of carbonyl (C=O) groups is 2. The Morgan fingerprint density at radius 3 is 2.68 bits per heavy atom. The molecule has 0 saturated carbocycles. The highest BCUT2D eigenvalue weighted by atomic mass is 32.2. The van der Waals surface area contributed by atoms with Crippen molar-refractivity contribution in [3.63, 3.8) is 0 Å². The van der Waals surface area contributed by atoms with E-state index in [9.17, 15) is 9.59 Å². The van der Waals surface area contributed by atoms with Crippen molar-refractivity contribution in [2.24, 2.45) is 0 Å². The van der Waals surface area contributed by atoms with Gasteiger partial charge in [-0.25, -0.2) is 0 Å². The van der Waals surface area contributed by atoms with Crippen molar-refractivity contribution in [2.75, 3.05) is 33.4 Å². The minimum atomic E-state index is -0.365. The Hall–Kier alpha value is -1.99. The molecule has 25 heavy (non-hydrogen) atoms. The van der Waals surface area contributed by atoms with Crippen molar-refractivity contribution in [3.05, 3.63) is 28.7 Å². The van der Waals surface area contributed by atoms with E-state index in [-0.39, 0.29) is 11.1 Å². The summed E-state index contributed by atoms with van der Waals surface area (Å²) in [6.45, 7) is 3.81. The molecule has 2 saturated heterocycles. The van der Waals surface area contributed by atoms with Gasteiger partial charge in [-0.1, -0.05) is 12.5 Å². The fourth-order valence-electron chi connectivity index (χ4n) is 2.93. The first kappa shape index (κ1) is 17.8. The van der Waals surface area contributed by atoms with Crippen LogP contribution in [0.1, 0.15) is 24.8 Å². The van der Waals surface area contributed by atoms with Gasteiger partial charge in [-0.05, 0) is 61.5 Å². The Balaban J connectivity index is 1.62. The number of hydrogen-bond donors (Lipinski definition) is 1. The number of rotatable bonds is 6. The van der Waals surface area contributed by atoms with Crippen LogP contribution in [0.4, 0.5) is 4.79 Å². The van der Waals surface area contributed by atoms with Gasteiger partial charge in [-0.15, -0.1) is 0 Å². The van der Waals surface area contributed by atoms with E-state index in [0.29, 0.717) is 23.0 Å². The Morgan fingerprint density at radius 2 is 2.00 bits per heavy atom. The number of ether oxygens (including phenoxy) is 2. The van der Waals surface area contributed by atoms with Crippen LogP contribution in [0.25, 0.3) is 6.08 Å². The zero-order valence-corrected chi connectivity index (χ0v) is 15.1. The SMILES string of the molecule is COc1cc(/C=C2\SC(=O)NC2=O)ccc1OCCN1CCCCC1. The van der Waals surface area contributed by atoms with Gasteiger partial charge >= 0.3 is 0 Å². The smallest absolute Gasteiger partial charge is 0.290 e. The average Bonchev–Trinajstić information content (AvgIpc) is 2.94. The van der Waals surface area contributed by atoms with Gasteiger partial charge in [0.05, 0.1) is 12.0 Å². The minimum absolute atomic E-state index is 0.346. The van der Waals surface area contributed by atoms with Crippen LogP contribution in [-0.2, 0) is 4.79 Å². The van der Waals surface area contributed by atoms with E-state index in [1.165, 1.54) is 19.3 Å². The van der Waals surface area contributed by atoms with Crippen LogP contribution >= 0.6 is 11.8 Å². The molecule has 1 aromatic rings. The summed E-state index contributed by atoms with van der Waals surface area (Å²) in [7, 11) is 1.59. The van der Waals surface area contributed by atoms with Gasteiger partial charge in [-0.3, -0.25) is 19.8 Å². The van der Waals surface area contributed by atoms with Crippen molar-refractivity contribution in [3.8, 4) is 11.5 Å². The van der Waals surface area contributed by atoms with Crippen LogP contribution in [0.2, 0.25) is 0 Å². The summed E-state index contributed by atoms with van der Waals surface area (Å²) < 4.78 is 11.3. The third kappa shape index (κ3) is 4.76. The Labute approximate surface area is 151 Å². The van der Waals surface area contributed by atoms with E-state index in [1.807, 2.05) is 12.1 Å².